The first-order chi connectivity index (χ1) is 10.6. The molecule has 3 atom stereocenters. The van der Waals surface area contributed by atoms with Crippen molar-refractivity contribution in [1.29, 1.82) is 0 Å². The number of fused-ring (bicyclic) bond motifs is 1. The van der Waals surface area contributed by atoms with Gasteiger partial charge in [0.25, 0.3) is 0 Å². The average Bonchev–Trinajstić information content (AvgIpc) is 3.18. The number of nitrogens with two attached hydrogens (primary N) is 1. The molecule has 1 aliphatic rings. The highest BCUT2D eigenvalue weighted by Gasteiger charge is 2.34. The van der Waals surface area contributed by atoms with Gasteiger partial charge in [0.1, 0.15) is 18.0 Å². The first kappa shape index (κ1) is 15.8. The predicted octanol–water partition coefficient (Wildman–Crippen LogP) is 0.000820. The van der Waals surface area contributed by atoms with Crippen LogP contribution >= 0.6 is 12.4 Å². The molecule has 0 radical (unpaired) electrons. The maximum Gasteiger partial charge on any atom is 0.177 e. The third kappa shape index (κ3) is 2.67. The second-order valence-corrected chi connectivity index (χ2v) is 5.65. The normalized spacial score (nSPS) is 24.0. The smallest absolute Gasteiger partial charge is 0.177 e. The summed E-state index contributed by atoms with van der Waals surface area (Å²) in [4.78, 5) is 4.51. The van der Waals surface area contributed by atoms with Crippen LogP contribution in [0.25, 0.3) is 11.5 Å². The molecule has 0 spiro atoms. The Bertz CT molecular complexity index is 820. The maximum absolute atomic E-state index is 9.89. The third-order valence-corrected chi connectivity index (χ3v) is 4.04. The monoisotopic (exact) mass is 336 g/mol. The van der Waals surface area contributed by atoms with E-state index in [1.807, 2.05) is 19.1 Å². The lowest BCUT2D eigenvalue weighted by molar-refractivity contribution is 0.163. The number of aromatic nitrogens is 7. The van der Waals surface area contributed by atoms with E-state index >= 15 is 0 Å². The molecule has 10 heteroatoms. The first-order valence-electron chi connectivity index (χ1n) is 7.16. The molecule has 3 aromatic rings. The zero-order chi connectivity index (χ0) is 15.3. The van der Waals surface area contributed by atoms with Crippen LogP contribution in [0.2, 0.25) is 0 Å². The molecule has 9 nitrogen and oxygen atoms in total. The van der Waals surface area contributed by atoms with E-state index in [1.165, 1.54) is 6.33 Å². The number of halogens is 1. The Balaban J connectivity index is 0.00000156. The molecule has 0 unspecified atom stereocenters. The van der Waals surface area contributed by atoms with Crippen LogP contribution in [-0.2, 0) is 0 Å². The first-order valence-corrected chi connectivity index (χ1v) is 7.16. The van der Waals surface area contributed by atoms with E-state index in [1.54, 1.807) is 9.20 Å². The van der Waals surface area contributed by atoms with Crippen molar-refractivity contribution in [3.8, 4) is 5.82 Å². The van der Waals surface area contributed by atoms with Crippen LogP contribution in [0.3, 0.4) is 0 Å². The number of aryl methyl sites for hydroxylation is 1. The molecule has 1 aliphatic carbocycles. The fourth-order valence-corrected chi connectivity index (χ4v) is 2.95. The molecular weight excluding hydrogens is 320 g/mol. The van der Waals surface area contributed by atoms with Crippen molar-refractivity contribution in [2.24, 2.45) is 5.73 Å². The molecular formula is C13H17ClN8O. The fraction of sp³-hybridized carbons (Fsp3) is 0.462. The standard InChI is InChI=1S/C13H16N8O.ClH/c1-7-16-13(8-4-9(14)10(22)5-8)21(18-7)12-3-2-11-17-15-6-20(11)19-12;/h2-3,6,8-10,22H,4-5,14H2,1H3;1H/t8-,9+,10+;/m0./s1. The molecule has 3 N–H and O–H groups in total. The Morgan fingerprint density at radius 2 is 2.09 bits per heavy atom. The van der Waals surface area contributed by atoms with Crippen molar-refractivity contribution in [3.63, 3.8) is 0 Å². The van der Waals surface area contributed by atoms with Gasteiger partial charge in [0, 0.05) is 12.0 Å². The van der Waals surface area contributed by atoms with Gasteiger partial charge >= 0.3 is 0 Å². The quantitative estimate of drug-likeness (QED) is 0.675. The highest BCUT2D eigenvalue weighted by molar-refractivity contribution is 5.85. The van der Waals surface area contributed by atoms with Crippen LogP contribution in [0.1, 0.15) is 30.4 Å². The zero-order valence-corrected chi connectivity index (χ0v) is 13.3. The van der Waals surface area contributed by atoms with Gasteiger partial charge in [-0.05, 0) is 31.9 Å². The lowest BCUT2D eigenvalue weighted by Gasteiger charge is -2.10. The minimum absolute atomic E-state index is 0. The summed E-state index contributed by atoms with van der Waals surface area (Å²) in [6, 6.07) is 3.43. The van der Waals surface area contributed by atoms with Crippen molar-refractivity contribution < 1.29 is 5.11 Å². The molecule has 4 rings (SSSR count). The number of aliphatic hydroxyl groups excluding tert-OH is 1. The summed E-state index contributed by atoms with van der Waals surface area (Å²) in [5.74, 6) is 2.16. The van der Waals surface area contributed by atoms with Crippen molar-refractivity contribution in [1.82, 2.24) is 34.6 Å². The summed E-state index contributed by atoms with van der Waals surface area (Å²) < 4.78 is 3.30. The molecule has 122 valence electrons. The highest BCUT2D eigenvalue weighted by Crippen LogP contribution is 2.33. The molecule has 0 aromatic carbocycles. The summed E-state index contributed by atoms with van der Waals surface area (Å²) >= 11 is 0. The van der Waals surface area contributed by atoms with E-state index in [0.717, 1.165) is 5.82 Å². The van der Waals surface area contributed by atoms with Crippen LogP contribution in [-0.4, -0.2) is 51.8 Å². The van der Waals surface area contributed by atoms with Gasteiger partial charge in [-0.3, -0.25) is 0 Å². The van der Waals surface area contributed by atoms with Gasteiger partial charge in [0.2, 0.25) is 0 Å². The second-order valence-electron chi connectivity index (χ2n) is 5.65. The van der Waals surface area contributed by atoms with Gasteiger partial charge in [-0.15, -0.1) is 32.8 Å². The number of aliphatic hydroxyl groups is 1. The Morgan fingerprint density at radius 1 is 1.26 bits per heavy atom. The Hall–Kier alpha value is -2.10. The molecule has 1 saturated carbocycles. The molecule has 1 fully saturated rings. The average molecular weight is 337 g/mol. The highest BCUT2D eigenvalue weighted by atomic mass is 35.5. The Kier molecular flexibility index (Phi) is 4.00. The summed E-state index contributed by atoms with van der Waals surface area (Å²) in [6.07, 6.45) is 2.32. The van der Waals surface area contributed by atoms with Crippen molar-refractivity contribution in [3.05, 3.63) is 30.1 Å². The minimum atomic E-state index is -0.497. The van der Waals surface area contributed by atoms with Crippen LogP contribution in [0, 0.1) is 6.92 Å². The van der Waals surface area contributed by atoms with Gasteiger partial charge in [-0.1, -0.05) is 0 Å². The van der Waals surface area contributed by atoms with Crippen LogP contribution in [0.4, 0.5) is 0 Å². The van der Waals surface area contributed by atoms with Crippen LogP contribution in [0.5, 0.6) is 0 Å². The van der Waals surface area contributed by atoms with Crippen molar-refractivity contribution in [2.75, 3.05) is 0 Å². The van der Waals surface area contributed by atoms with E-state index in [-0.39, 0.29) is 24.4 Å². The number of nitrogens with zero attached hydrogens (tertiary/aromatic N) is 7. The summed E-state index contributed by atoms with van der Waals surface area (Å²) in [6.45, 7) is 1.84. The number of hydrogen-bond donors (Lipinski definition) is 2. The maximum atomic E-state index is 9.89. The molecule has 0 saturated heterocycles. The molecule has 0 aliphatic heterocycles. The summed E-state index contributed by atoms with van der Waals surface area (Å²) in [7, 11) is 0. The van der Waals surface area contributed by atoms with E-state index in [9.17, 15) is 5.11 Å². The molecule has 3 heterocycles. The van der Waals surface area contributed by atoms with E-state index in [0.29, 0.717) is 30.1 Å². The topological polar surface area (TPSA) is 120 Å². The summed E-state index contributed by atoms with van der Waals surface area (Å²) in [5, 5.41) is 26.5. The number of rotatable bonds is 2. The predicted molar refractivity (Wildman–Crippen MR) is 83.6 cm³/mol. The van der Waals surface area contributed by atoms with Gasteiger partial charge < -0.3 is 10.8 Å². The van der Waals surface area contributed by atoms with Gasteiger partial charge in [0.15, 0.2) is 11.5 Å². The fourth-order valence-electron chi connectivity index (χ4n) is 2.95. The molecule has 3 aromatic heterocycles. The largest absolute Gasteiger partial charge is 0.391 e. The number of hydrogen-bond acceptors (Lipinski definition) is 7. The van der Waals surface area contributed by atoms with Gasteiger partial charge in [0.05, 0.1) is 6.10 Å². The van der Waals surface area contributed by atoms with Crippen LogP contribution in [0.15, 0.2) is 18.5 Å². The molecule has 23 heavy (non-hydrogen) atoms. The van der Waals surface area contributed by atoms with Gasteiger partial charge in [-0.25, -0.2) is 4.98 Å². The zero-order valence-electron chi connectivity index (χ0n) is 12.4. The SMILES string of the molecule is Cc1nc([C@H]2C[C@@H](N)[C@H](O)C2)n(-c2ccc3nncn3n2)n1.Cl. The molecule has 0 amide bonds. The van der Waals surface area contributed by atoms with Crippen molar-refractivity contribution in [2.45, 2.75) is 37.8 Å². The minimum Gasteiger partial charge on any atom is -0.391 e. The van der Waals surface area contributed by atoms with Gasteiger partial charge in [-0.2, -0.15) is 9.20 Å². The lowest BCUT2D eigenvalue weighted by Crippen LogP contribution is -2.28. The Labute approximate surface area is 138 Å². The van der Waals surface area contributed by atoms with E-state index < -0.39 is 6.10 Å². The Morgan fingerprint density at radius 3 is 2.83 bits per heavy atom. The summed E-state index contributed by atoms with van der Waals surface area (Å²) in [5.41, 5.74) is 6.59. The second kappa shape index (κ2) is 5.84. The van der Waals surface area contributed by atoms with E-state index in [4.69, 9.17) is 5.73 Å². The lowest BCUT2D eigenvalue weighted by atomic mass is 10.1. The van der Waals surface area contributed by atoms with Crippen LogP contribution < -0.4 is 5.73 Å². The third-order valence-electron chi connectivity index (χ3n) is 4.04. The van der Waals surface area contributed by atoms with Crippen molar-refractivity contribution >= 4 is 18.1 Å². The molecule has 0 bridgehead atoms. The van der Waals surface area contributed by atoms with E-state index in [2.05, 4.69) is 25.4 Å².